The van der Waals surface area contributed by atoms with Crippen molar-refractivity contribution in [2.24, 2.45) is 7.05 Å². The summed E-state index contributed by atoms with van der Waals surface area (Å²) in [5.74, 6) is 0.108. The Labute approximate surface area is 127 Å². The van der Waals surface area contributed by atoms with Crippen LogP contribution in [0.1, 0.15) is 50.5 Å². The molecule has 1 N–H and O–H groups in total. The Balaban J connectivity index is 1.47. The van der Waals surface area contributed by atoms with Crippen LogP contribution in [0.4, 0.5) is 0 Å². The fraction of sp³-hybridized carbons (Fsp3) is 0.750. The molecule has 2 rings (SSSR count). The Morgan fingerprint density at radius 2 is 2.24 bits per heavy atom. The Bertz CT molecular complexity index is 425. The van der Waals surface area contributed by atoms with Crippen molar-refractivity contribution in [1.82, 2.24) is 15.1 Å². The molecule has 0 atom stereocenters. The summed E-state index contributed by atoms with van der Waals surface area (Å²) >= 11 is 0. The number of hydrogen-bond donors (Lipinski definition) is 1. The lowest BCUT2D eigenvalue weighted by Crippen LogP contribution is -2.26. The Morgan fingerprint density at radius 1 is 1.43 bits per heavy atom. The number of hydrogen-bond acceptors (Lipinski definition) is 3. The third-order valence-corrected chi connectivity index (χ3v) is 3.95. The lowest BCUT2D eigenvalue weighted by Gasteiger charge is -2.21. The molecule has 1 aliphatic rings. The van der Waals surface area contributed by atoms with E-state index in [1.54, 1.807) is 4.68 Å². The summed E-state index contributed by atoms with van der Waals surface area (Å²) in [5.41, 5.74) is 1.10. The summed E-state index contributed by atoms with van der Waals surface area (Å²) in [7, 11) is 1.88. The molecule has 0 spiro atoms. The fourth-order valence-electron chi connectivity index (χ4n) is 2.73. The van der Waals surface area contributed by atoms with Crippen LogP contribution < -0.4 is 5.32 Å². The molecule has 0 radical (unpaired) electrons. The van der Waals surface area contributed by atoms with Gasteiger partial charge in [0, 0.05) is 32.8 Å². The average Bonchev–Trinajstić information content (AvgIpc) is 2.91. The van der Waals surface area contributed by atoms with Crippen molar-refractivity contribution < 1.29 is 9.53 Å². The van der Waals surface area contributed by atoms with Crippen LogP contribution in [-0.4, -0.2) is 34.9 Å². The molecule has 0 saturated heterocycles. The van der Waals surface area contributed by atoms with E-state index in [9.17, 15) is 4.79 Å². The first kappa shape index (κ1) is 16.0. The first-order chi connectivity index (χ1) is 10.2. The standard InChI is InChI=1S/C16H27N3O2/c1-19-13-14(12-18-19)8-9-16(20)17-10-5-11-21-15-6-3-2-4-7-15/h12-13,15H,2-11H2,1H3,(H,17,20). The smallest absolute Gasteiger partial charge is 0.220 e. The van der Waals surface area contributed by atoms with Gasteiger partial charge in [0.1, 0.15) is 0 Å². The summed E-state index contributed by atoms with van der Waals surface area (Å²) in [6, 6.07) is 0. The zero-order chi connectivity index (χ0) is 14.9. The van der Waals surface area contributed by atoms with Gasteiger partial charge in [0.2, 0.25) is 5.91 Å². The number of carbonyl (C=O) groups excluding carboxylic acids is 1. The maximum atomic E-state index is 11.7. The number of carbonyl (C=O) groups is 1. The highest BCUT2D eigenvalue weighted by atomic mass is 16.5. The SMILES string of the molecule is Cn1cc(CCC(=O)NCCCOC2CCCCC2)cn1. The first-order valence-corrected chi connectivity index (χ1v) is 8.10. The molecule has 5 heteroatoms. The molecule has 5 nitrogen and oxygen atoms in total. The van der Waals surface area contributed by atoms with Crippen molar-refractivity contribution in [1.29, 1.82) is 0 Å². The molecule has 1 aromatic rings. The number of aromatic nitrogens is 2. The molecule has 0 aromatic carbocycles. The number of amides is 1. The molecular weight excluding hydrogens is 266 g/mol. The van der Waals surface area contributed by atoms with Gasteiger partial charge in [-0.05, 0) is 31.2 Å². The molecular formula is C16H27N3O2. The lowest BCUT2D eigenvalue weighted by molar-refractivity contribution is -0.121. The van der Waals surface area contributed by atoms with Crippen molar-refractivity contribution in [3.05, 3.63) is 18.0 Å². The van der Waals surface area contributed by atoms with Crippen molar-refractivity contribution >= 4 is 5.91 Å². The molecule has 1 aromatic heterocycles. The second kappa shape index (κ2) is 8.82. The van der Waals surface area contributed by atoms with Crippen LogP contribution in [0.25, 0.3) is 0 Å². The largest absolute Gasteiger partial charge is 0.378 e. The average molecular weight is 293 g/mol. The van der Waals surface area contributed by atoms with Gasteiger partial charge in [-0.1, -0.05) is 19.3 Å². The van der Waals surface area contributed by atoms with Crippen molar-refractivity contribution in [2.75, 3.05) is 13.2 Å². The lowest BCUT2D eigenvalue weighted by atomic mass is 9.98. The van der Waals surface area contributed by atoms with Gasteiger partial charge >= 0.3 is 0 Å². The van der Waals surface area contributed by atoms with Crippen LogP contribution in [0, 0.1) is 0 Å². The van der Waals surface area contributed by atoms with E-state index in [0.29, 0.717) is 19.1 Å². The van der Waals surface area contributed by atoms with Gasteiger partial charge in [0.05, 0.1) is 12.3 Å². The third-order valence-electron chi connectivity index (χ3n) is 3.95. The number of rotatable bonds is 8. The molecule has 1 aliphatic carbocycles. The summed E-state index contributed by atoms with van der Waals surface area (Å²) in [6.45, 7) is 1.46. The van der Waals surface area contributed by atoms with E-state index >= 15 is 0 Å². The maximum absolute atomic E-state index is 11.7. The predicted molar refractivity (Wildman–Crippen MR) is 82.0 cm³/mol. The number of ether oxygens (including phenoxy) is 1. The molecule has 21 heavy (non-hydrogen) atoms. The van der Waals surface area contributed by atoms with E-state index in [0.717, 1.165) is 25.0 Å². The van der Waals surface area contributed by atoms with Crippen molar-refractivity contribution in [2.45, 2.75) is 57.5 Å². The molecule has 0 aliphatic heterocycles. The van der Waals surface area contributed by atoms with Crippen LogP contribution >= 0.6 is 0 Å². The summed E-state index contributed by atoms with van der Waals surface area (Å²) in [6.07, 6.45) is 12.8. The van der Waals surface area contributed by atoms with Crippen molar-refractivity contribution in [3.63, 3.8) is 0 Å². The van der Waals surface area contributed by atoms with Gasteiger partial charge in [-0.15, -0.1) is 0 Å². The third kappa shape index (κ3) is 6.29. The monoisotopic (exact) mass is 293 g/mol. The van der Waals surface area contributed by atoms with Crippen LogP contribution in [0.15, 0.2) is 12.4 Å². The number of aryl methyl sites for hydroxylation is 2. The van der Waals surface area contributed by atoms with E-state index in [2.05, 4.69) is 10.4 Å². The van der Waals surface area contributed by atoms with E-state index in [1.807, 2.05) is 19.4 Å². The van der Waals surface area contributed by atoms with Gasteiger partial charge in [0.25, 0.3) is 0 Å². The molecule has 1 saturated carbocycles. The minimum Gasteiger partial charge on any atom is -0.378 e. The van der Waals surface area contributed by atoms with Crippen LogP contribution in [0.5, 0.6) is 0 Å². The van der Waals surface area contributed by atoms with Gasteiger partial charge in [0.15, 0.2) is 0 Å². The van der Waals surface area contributed by atoms with E-state index in [1.165, 1.54) is 32.1 Å². The Hall–Kier alpha value is -1.36. The quantitative estimate of drug-likeness (QED) is 0.748. The highest BCUT2D eigenvalue weighted by molar-refractivity contribution is 5.76. The van der Waals surface area contributed by atoms with Crippen LogP contribution in [0.2, 0.25) is 0 Å². The summed E-state index contributed by atoms with van der Waals surface area (Å²) in [4.78, 5) is 11.7. The molecule has 0 unspecified atom stereocenters. The highest BCUT2D eigenvalue weighted by Gasteiger charge is 2.13. The van der Waals surface area contributed by atoms with Gasteiger partial charge in [-0.2, -0.15) is 5.10 Å². The van der Waals surface area contributed by atoms with Crippen LogP contribution in [0.3, 0.4) is 0 Å². The normalized spacial score (nSPS) is 16.0. The van der Waals surface area contributed by atoms with E-state index in [-0.39, 0.29) is 5.91 Å². The second-order valence-electron chi connectivity index (χ2n) is 5.86. The molecule has 0 bridgehead atoms. The van der Waals surface area contributed by atoms with Crippen molar-refractivity contribution in [3.8, 4) is 0 Å². The minimum absolute atomic E-state index is 0.108. The highest BCUT2D eigenvalue weighted by Crippen LogP contribution is 2.20. The maximum Gasteiger partial charge on any atom is 0.220 e. The van der Waals surface area contributed by atoms with E-state index < -0.39 is 0 Å². The fourth-order valence-corrected chi connectivity index (χ4v) is 2.73. The molecule has 1 heterocycles. The minimum atomic E-state index is 0.108. The zero-order valence-electron chi connectivity index (χ0n) is 13.0. The molecule has 1 fully saturated rings. The summed E-state index contributed by atoms with van der Waals surface area (Å²) < 4.78 is 7.59. The topological polar surface area (TPSA) is 56.2 Å². The zero-order valence-corrected chi connectivity index (χ0v) is 13.0. The second-order valence-corrected chi connectivity index (χ2v) is 5.86. The summed E-state index contributed by atoms with van der Waals surface area (Å²) in [5, 5.41) is 7.05. The molecule has 118 valence electrons. The van der Waals surface area contributed by atoms with Crippen LogP contribution in [-0.2, 0) is 23.0 Å². The Kier molecular flexibility index (Phi) is 6.73. The molecule has 1 amide bonds. The number of nitrogens with one attached hydrogen (secondary N) is 1. The Morgan fingerprint density at radius 3 is 2.95 bits per heavy atom. The van der Waals surface area contributed by atoms with Gasteiger partial charge in [-0.3, -0.25) is 9.48 Å². The number of nitrogens with zero attached hydrogens (tertiary/aromatic N) is 2. The van der Waals surface area contributed by atoms with Gasteiger partial charge in [-0.25, -0.2) is 0 Å². The first-order valence-electron chi connectivity index (χ1n) is 8.10. The van der Waals surface area contributed by atoms with Gasteiger partial charge < -0.3 is 10.1 Å². The van der Waals surface area contributed by atoms with E-state index in [4.69, 9.17) is 4.74 Å². The predicted octanol–water partition coefficient (Wildman–Crippen LogP) is 2.21.